The first-order chi connectivity index (χ1) is 8.98. The predicted molar refractivity (Wildman–Crippen MR) is 67.3 cm³/mol. The van der Waals surface area contributed by atoms with Gasteiger partial charge in [0.25, 0.3) is 0 Å². The summed E-state index contributed by atoms with van der Waals surface area (Å²) in [6.07, 6.45) is -2.29. The molecular formula is C13H15ClF3NO. The lowest BCUT2D eigenvalue weighted by Gasteiger charge is -2.20. The zero-order chi connectivity index (χ0) is 13.9. The fourth-order valence-corrected chi connectivity index (χ4v) is 2.19. The molecule has 0 heterocycles. The molecule has 0 atom stereocenters. The van der Waals surface area contributed by atoms with Crippen molar-refractivity contribution in [2.45, 2.75) is 31.8 Å². The Balaban J connectivity index is 1.93. The van der Waals surface area contributed by atoms with Gasteiger partial charge in [0, 0.05) is 25.0 Å². The van der Waals surface area contributed by atoms with E-state index in [0.717, 1.165) is 12.1 Å². The third-order valence-corrected chi connectivity index (χ3v) is 3.15. The number of rotatable bonds is 6. The molecule has 106 valence electrons. The van der Waals surface area contributed by atoms with E-state index in [1.54, 1.807) is 12.1 Å². The van der Waals surface area contributed by atoms with Crippen LogP contribution in [0.25, 0.3) is 0 Å². The van der Waals surface area contributed by atoms with E-state index < -0.39 is 6.36 Å². The Morgan fingerprint density at radius 2 is 1.84 bits per heavy atom. The zero-order valence-electron chi connectivity index (χ0n) is 10.3. The third-order valence-electron chi connectivity index (χ3n) is 2.98. The van der Waals surface area contributed by atoms with Crippen molar-refractivity contribution in [3.63, 3.8) is 0 Å². The molecule has 6 heteroatoms. The summed E-state index contributed by atoms with van der Waals surface area (Å²) in [6.45, 7) is 1.51. The Kier molecular flexibility index (Phi) is 4.58. The quantitative estimate of drug-likeness (QED) is 0.740. The zero-order valence-corrected chi connectivity index (χ0v) is 11.0. The van der Waals surface area contributed by atoms with Crippen molar-refractivity contribution in [2.75, 3.05) is 12.4 Å². The highest BCUT2D eigenvalue weighted by molar-refractivity contribution is 6.18. The van der Waals surface area contributed by atoms with Crippen molar-refractivity contribution in [3.8, 4) is 5.75 Å². The van der Waals surface area contributed by atoms with Gasteiger partial charge in [-0.1, -0.05) is 12.1 Å². The molecule has 1 saturated carbocycles. The molecule has 0 N–H and O–H groups in total. The summed E-state index contributed by atoms with van der Waals surface area (Å²) >= 11 is 5.75. The van der Waals surface area contributed by atoms with Crippen LogP contribution in [0.4, 0.5) is 13.2 Å². The fourth-order valence-electron chi connectivity index (χ4n) is 1.97. The van der Waals surface area contributed by atoms with Gasteiger partial charge in [-0.05, 0) is 30.5 Å². The smallest absolute Gasteiger partial charge is 0.406 e. The molecule has 0 aromatic heterocycles. The first-order valence-corrected chi connectivity index (χ1v) is 6.66. The van der Waals surface area contributed by atoms with E-state index in [4.69, 9.17) is 11.6 Å². The van der Waals surface area contributed by atoms with Gasteiger partial charge < -0.3 is 4.74 Å². The minimum Gasteiger partial charge on any atom is -0.406 e. The summed E-state index contributed by atoms with van der Waals surface area (Å²) in [4.78, 5) is 2.26. The summed E-state index contributed by atoms with van der Waals surface area (Å²) in [7, 11) is 0. The SMILES string of the molecule is FC(F)(F)Oc1ccc(CN(CCCl)C2CC2)cc1. The number of halogens is 4. The minimum absolute atomic E-state index is 0.188. The van der Waals surface area contributed by atoms with E-state index in [1.165, 1.54) is 25.0 Å². The van der Waals surface area contributed by atoms with Gasteiger partial charge in [-0.25, -0.2) is 0 Å². The van der Waals surface area contributed by atoms with Crippen molar-refractivity contribution < 1.29 is 17.9 Å². The summed E-state index contributed by atoms with van der Waals surface area (Å²) in [6, 6.07) is 6.57. The number of alkyl halides is 4. The van der Waals surface area contributed by atoms with Gasteiger partial charge in [-0.2, -0.15) is 0 Å². The maximum Gasteiger partial charge on any atom is 0.573 e. The molecule has 1 aliphatic rings. The first-order valence-electron chi connectivity index (χ1n) is 6.12. The maximum absolute atomic E-state index is 12.0. The van der Waals surface area contributed by atoms with E-state index >= 15 is 0 Å². The van der Waals surface area contributed by atoms with Crippen LogP contribution in [-0.2, 0) is 6.54 Å². The van der Waals surface area contributed by atoms with E-state index in [2.05, 4.69) is 9.64 Å². The first kappa shape index (κ1) is 14.5. The van der Waals surface area contributed by atoms with Crippen molar-refractivity contribution in [2.24, 2.45) is 0 Å². The third kappa shape index (κ3) is 4.91. The van der Waals surface area contributed by atoms with E-state index in [9.17, 15) is 13.2 Å². The topological polar surface area (TPSA) is 12.5 Å². The van der Waals surface area contributed by atoms with Gasteiger partial charge in [0.2, 0.25) is 0 Å². The molecular weight excluding hydrogens is 279 g/mol. The highest BCUT2D eigenvalue weighted by Gasteiger charge is 2.31. The number of hydrogen-bond donors (Lipinski definition) is 0. The van der Waals surface area contributed by atoms with Crippen LogP contribution in [-0.4, -0.2) is 29.7 Å². The Bertz CT molecular complexity index is 403. The highest BCUT2D eigenvalue weighted by atomic mass is 35.5. The number of nitrogens with zero attached hydrogens (tertiary/aromatic N) is 1. The average Bonchev–Trinajstić information content (AvgIpc) is 3.13. The molecule has 1 fully saturated rings. The lowest BCUT2D eigenvalue weighted by atomic mass is 10.2. The molecule has 0 aliphatic heterocycles. The average molecular weight is 294 g/mol. The lowest BCUT2D eigenvalue weighted by Crippen LogP contribution is -2.27. The second-order valence-corrected chi connectivity index (χ2v) is 4.96. The fraction of sp³-hybridized carbons (Fsp3) is 0.538. The maximum atomic E-state index is 12.0. The van der Waals surface area contributed by atoms with Gasteiger partial charge in [0.05, 0.1) is 0 Å². The molecule has 0 bridgehead atoms. The van der Waals surface area contributed by atoms with Crippen molar-refractivity contribution in [3.05, 3.63) is 29.8 Å². The molecule has 1 aromatic carbocycles. The largest absolute Gasteiger partial charge is 0.573 e. The van der Waals surface area contributed by atoms with Crippen LogP contribution in [0.2, 0.25) is 0 Å². The van der Waals surface area contributed by atoms with Gasteiger partial charge in [-0.15, -0.1) is 24.8 Å². The van der Waals surface area contributed by atoms with E-state index in [0.29, 0.717) is 18.5 Å². The molecule has 0 amide bonds. The van der Waals surface area contributed by atoms with Gasteiger partial charge in [0.1, 0.15) is 5.75 Å². The standard InChI is InChI=1S/C13H15ClF3NO/c14-7-8-18(11-3-4-11)9-10-1-5-12(6-2-10)19-13(15,16)17/h1-2,5-6,11H,3-4,7-9H2. The van der Waals surface area contributed by atoms with Crippen LogP contribution in [0.1, 0.15) is 18.4 Å². The molecule has 0 radical (unpaired) electrons. The van der Waals surface area contributed by atoms with Crippen LogP contribution in [0.3, 0.4) is 0 Å². The summed E-state index contributed by atoms with van der Waals surface area (Å²) in [5.41, 5.74) is 0.964. The lowest BCUT2D eigenvalue weighted by molar-refractivity contribution is -0.274. The Morgan fingerprint density at radius 3 is 2.32 bits per heavy atom. The monoisotopic (exact) mass is 293 g/mol. The Morgan fingerprint density at radius 1 is 1.21 bits per heavy atom. The van der Waals surface area contributed by atoms with Crippen LogP contribution < -0.4 is 4.74 Å². The molecule has 1 aromatic rings. The molecule has 0 saturated heterocycles. The second-order valence-electron chi connectivity index (χ2n) is 4.58. The number of ether oxygens (including phenoxy) is 1. The highest BCUT2D eigenvalue weighted by Crippen LogP contribution is 2.29. The molecule has 1 aliphatic carbocycles. The molecule has 2 rings (SSSR count). The molecule has 19 heavy (non-hydrogen) atoms. The molecule has 2 nitrogen and oxygen atoms in total. The normalized spacial score (nSPS) is 15.8. The number of benzene rings is 1. The Labute approximate surface area is 115 Å². The van der Waals surface area contributed by atoms with Gasteiger partial charge in [-0.3, -0.25) is 4.90 Å². The summed E-state index contributed by atoms with van der Waals surface area (Å²) in [5.74, 6) is 0.373. The van der Waals surface area contributed by atoms with Crippen LogP contribution in [0.5, 0.6) is 5.75 Å². The predicted octanol–water partition coefficient (Wildman–Crippen LogP) is 3.79. The van der Waals surface area contributed by atoms with Crippen molar-refractivity contribution in [1.82, 2.24) is 4.90 Å². The van der Waals surface area contributed by atoms with Crippen LogP contribution >= 0.6 is 11.6 Å². The molecule has 0 spiro atoms. The van der Waals surface area contributed by atoms with E-state index in [-0.39, 0.29) is 5.75 Å². The van der Waals surface area contributed by atoms with Crippen molar-refractivity contribution in [1.29, 1.82) is 0 Å². The van der Waals surface area contributed by atoms with Gasteiger partial charge in [0.15, 0.2) is 0 Å². The summed E-state index contributed by atoms with van der Waals surface area (Å²) in [5, 5.41) is 0. The number of hydrogen-bond acceptors (Lipinski definition) is 2. The van der Waals surface area contributed by atoms with E-state index in [1.807, 2.05) is 0 Å². The van der Waals surface area contributed by atoms with Crippen LogP contribution in [0.15, 0.2) is 24.3 Å². The van der Waals surface area contributed by atoms with Gasteiger partial charge >= 0.3 is 6.36 Å². The second kappa shape index (κ2) is 6.01. The van der Waals surface area contributed by atoms with Crippen LogP contribution in [0, 0.1) is 0 Å². The minimum atomic E-state index is -4.64. The van der Waals surface area contributed by atoms with Crippen molar-refractivity contribution >= 4 is 11.6 Å². The molecule has 0 unspecified atom stereocenters. The summed E-state index contributed by atoms with van der Waals surface area (Å²) < 4.78 is 39.9. The Hall–Kier alpha value is -0.940.